The molecule has 6 heteroatoms. The SMILES string of the molecule is C=C(C(=O)NC1CCCCC1)N(C)c1nc(-c2ccccn2)nc2c1CCC2. The van der Waals surface area contributed by atoms with Crippen LogP contribution in [0.5, 0.6) is 0 Å². The Labute approximate surface area is 166 Å². The van der Waals surface area contributed by atoms with E-state index in [-0.39, 0.29) is 11.9 Å². The highest BCUT2D eigenvalue weighted by atomic mass is 16.2. The fourth-order valence-corrected chi connectivity index (χ4v) is 4.10. The fraction of sp³-hybridized carbons (Fsp3) is 0.455. The van der Waals surface area contributed by atoms with E-state index in [0.29, 0.717) is 11.5 Å². The van der Waals surface area contributed by atoms with Crippen LogP contribution in [0, 0.1) is 0 Å². The molecule has 2 aromatic heterocycles. The minimum atomic E-state index is -0.112. The number of nitrogens with one attached hydrogen (secondary N) is 1. The first-order valence-electron chi connectivity index (χ1n) is 10.2. The first-order valence-corrected chi connectivity index (χ1v) is 10.2. The number of likely N-dealkylation sites (N-methyl/N-ethyl adjacent to an activating group) is 1. The van der Waals surface area contributed by atoms with Gasteiger partial charge in [-0.15, -0.1) is 0 Å². The Morgan fingerprint density at radius 1 is 1.14 bits per heavy atom. The molecule has 0 saturated heterocycles. The quantitative estimate of drug-likeness (QED) is 0.809. The molecule has 2 aliphatic rings. The minimum absolute atomic E-state index is 0.112. The predicted molar refractivity (Wildman–Crippen MR) is 110 cm³/mol. The van der Waals surface area contributed by atoms with Crippen LogP contribution in [0.1, 0.15) is 49.8 Å². The van der Waals surface area contributed by atoms with Crippen molar-refractivity contribution in [3.05, 3.63) is 47.9 Å². The van der Waals surface area contributed by atoms with Crippen LogP contribution < -0.4 is 10.2 Å². The molecule has 146 valence electrons. The van der Waals surface area contributed by atoms with E-state index in [9.17, 15) is 4.79 Å². The van der Waals surface area contributed by atoms with Gasteiger partial charge in [0.2, 0.25) is 0 Å². The first-order chi connectivity index (χ1) is 13.6. The Kier molecular flexibility index (Phi) is 5.37. The van der Waals surface area contributed by atoms with Crippen LogP contribution in [-0.2, 0) is 17.6 Å². The normalized spacial score (nSPS) is 16.5. The summed E-state index contributed by atoms with van der Waals surface area (Å²) < 4.78 is 0. The van der Waals surface area contributed by atoms with Crippen LogP contribution in [0.15, 0.2) is 36.7 Å². The van der Waals surface area contributed by atoms with E-state index >= 15 is 0 Å². The van der Waals surface area contributed by atoms with E-state index in [1.807, 2.05) is 30.1 Å². The Balaban J connectivity index is 1.59. The lowest BCUT2D eigenvalue weighted by atomic mass is 9.95. The highest BCUT2D eigenvalue weighted by molar-refractivity contribution is 5.96. The van der Waals surface area contributed by atoms with E-state index < -0.39 is 0 Å². The van der Waals surface area contributed by atoms with Crippen LogP contribution in [-0.4, -0.2) is 33.9 Å². The van der Waals surface area contributed by atoms with Gasteiger partial charge in [-0.1, -0.05) is 31.9 Å². The number of nitrogens with zero attached hydrogens (tertiary/aromatic N) is 4. The summed E-state index contributed by atoms with van der Waals surface area (Å²) in [5.74, 6) is 1.26. The molecule has 0 radical (unpaired) electrons. The third-order valence-corrected chi connectivity index (χ3v) is 5.73. The summed E-state index contributed by atoms with van der Waals surface area (Å²) in [6.07, 6.45) is 10.4. The van der Waals surface area contributed by atoms with Crippen molar-refractivity contribution in [3.8, 4) is 11.5 Å². The second-order valence-corrected chi connectivity index (χ2v) is 7.68. The number of rotatable bonds is 5. The van der Waals surface area contributed by atoms with Gasteiger partial charge in [0.05, 0.1) is 0 Å². The number of amides is 1. The van der Waals surface area contributed by atoms with Crippen LogP contribution in [0.4, 0.5) is 5.82 Å². The third-order valence-electron chi connectivity index (χ3n) is 5.73. The number of carbonyl (C=O) groups excluding carboxylic acids is 1. The second kappa shape index (κ2) is 8.09. The molecule has 28 heavy (non-hydrogen) atoms. The molecule has 0 aliphatic heterocycles. The van der Waals surface area contributed by atoms with Crippen molar-refractivity contribution < 1.29 is 4.79 Å². The lowest BCUT2D eigenvalue weighted by Crippen LogP contribution is -2.40. The van der Waals surface area contributed by atoms with Gasteiger partial charge in [0, 0.05) is 30.5 Å². The van der Waals surface area contributed by atoms with Crippen LogP contribution >= 0.6 is 0 Å². The zero-order valence-corrected chi connectivity index (χ0v) is 16.4. The van der Waals surface area contributed by atoms with Crippen molar-refractivity contribution in [1.82, 2.24) is 20.3 Å². The Morgan fingerprint density at radius 3 is 2.71 bits per heavy atom. The number of pyridine rings is 1. The molecule has 1 N–H and O–H groups in total. The van der Waals surface area contributed by atoms with Gasteiger partial charge in [-0.2, -0.15) is 0 Å². The van der Waals surface area contributed by atoms with Gasteiger partial charge >= 0.3 is 0 Å². The van der Waals surface area contributed by atoms with Crippen molar-refractivity contribution in [2.24, 2.45) is 0 Å². The average molecular weight is 377 g/mol. The number of aryl methyl sites for hydroxylation is 1. The molecule has 2 aliphatic carbocycles. The zero-order valence-electron chi connectivity index (χ0n) is 16.4. The average Bonchev–Trinajstić information content (AvgIpc) is 3.22. The summed E-state index contributed by atoms with van der Waals surface area (Å²) in [5.41, 5.74) is 3.33. The summed E-state index contributed by atoms with van der Waals surface area (Å²) in [7, 11) is 1.87. The van der Waals surface area contributed by atoms with Gasteiger partial charge in [0.25, 0.3) is 5.91 Å². The maximum absolute atomic E-state index is 12.8. The largest absolute Gasteiger partial charge is 0.348 e. The smallest absolute Gasteiger partial charge is 0.267 e. The minimum Gasteiger partial charge on any atom is -0.348 e. The molecule has 2 aromatic rings. The zero-order chi connectivity index (χ0) is 19.5. The number of anilines is 1. The third kappa shape index (κ3) is 3.77. The van der Waals surface area contributed by atoms with Gasteiger partial charge in [-0.05, 0) is 44.2 Å². The predicted octanol–water partition coefficient (Wildman–Crippen LogP) is 3.43. The number of fused-ring (bicyclic) bond motifs is 1. The Bertz CT molecular complexity index is 874. The van der Waals surface area contributed by atoms with Crippen molar-refractivity contribution in [3.63, 3.8) is 0 Å². The fourth-order valence-electron chi connectivity index (χ4n) is 4.10. The van der Waals surface area contributed by atoms with Gasteiger partial charge in [0.1, 0.15) is 17.2 Å². The lowest BCUT2D eigenvalue weighted by Gasteiger charge is -2.27. The van der Waals surface area contributed by atoms with Crippen molar-refractivity contribution in [2.45, 2.75) is 57.4 Å². The van der Waals surface area contributed by atoms with Crippen LogP contribution in [0.25, 0.3) is 11.5 Å². The molecule has 1 fully saturated rings. The topological polar surface area (TPSA) is 71.0 Å². The summed E-state index contributed by atoms with van der Waals surface area (Å²) >= 11 is 0. The summed E-state index contributed by atoms with van der Waals surface area (Å²) in [5, 5.41) is 3.15. The van der Waals surface area contributed by atoms with Crippen molar-refractivity contribution in [1.29, 1.82) is 0 Å². The molecule has 4 rings (SSSR count). The van der Waals surface area contributed by atoms with Gasteiger partial charge in [0.15, 0.2) is 5.82 Å². The van der Waals surface area contributed by atoms with Gasteiger partial charge < -0.3 is 10.2 Å². The van der Waals surface area contributed by atoms with E-state index in [1.165, 1.54) is 19.3 Å². The molecule has 6 nitrogen and oxygen atoms in total. The van der Waals surface area contributed by atoms with Crippen LogP contribution in [0.3, 0.4) is 0 Å². The van der Waals surface area contributed by atoms with Gasteiger partial charge in [-0.3, -0.25) is 9.78 Å². The van der Waals surface area contributed by atoms with Crippen molar-refractivity contribution in [2.75, 3.05) is 11.9 Å². The molecular weight excluding hydrogens is 350 g/mol. The van der Waals surface area contributed by atoms with Gasteiger partial charge in [-0.25, -0.2) is 9.97 Å². The highest BCUT2D eigenvalue weighted by Crippen LogP contribution is 2.31. The molecule has 0 bridgehead atoms. The number of aromatic nitrogens is 3. The van der Waals surface area contributed by atoms with Crippen LogP contribution in [0.2, 0.25) is 0 Å². The molecule has 1 saturated carbocycles. The lowest BCUT2D eigenvalue weighted by molar-refractivity contribution is -0.118. The number of hydrogen-bond acceptors (Lipinski definition) is 5. The molecule has 0 unspecified atom stereocenters. The maximum Gasteiger partial charge on any atom is 0.267 e. The highest BCUT2D eigenvalue weighted by Gasteiger charge is 2.26. The molecule has 2 heterocycles. The molecule has 1 amide bonds. The maximum atomic E-state index is 12.8. The summed E-state index contributed by atoms with van der Waals surface area (Å²) in [6.45, 7) is 4.06. The van der Waals surface area contributed by atoms with E-state index in [0.717, 1.165) is 54.9 Å². The molecule has 0 spiro atoms. The standard InChI is InChI=1S/C22H27N5O/c1-15(22(28)24-16-9-4-3-5-10-16)27(2)21-17-11-8-13-18(17)25-20(26-21)19-12-6-7-14-23-19/h6-7,12,14,16H,1,3-5,8-11,13H2,2H3,(H,24,28). The summed E-state index contributed by atoms with van der Waals surface area (Å²) in [6, 6.07) is 5.97. The first kappa shape index (κ1) is 18.6. The second-order valence-electron chi connectivity index (χ2n) is 7.68. The monoisotopic (exact) mass is 377 g/mol. The molecule has 0 aromatic carbocycles. The van der Waals surface area contributed by atoms with E-state index in [1.54, 1.807) is 6.20 Å². The number of carbonyl (C=O) groups is 1. The summed E-state index contributed by atoms with van der Waals surface area (Å²) in [4.78, 5) is 28.5. The number of hydrogen-bond donors (Lipinski definition) is 1. The Morgan fingerprint density at radius 2 is 1.96 bits per heavy atom. The van der Waals surface area contributed by atoms with E-state index in [4.69, 9.17) is 9.97 Å². The van der Waals surface area contributed by atoms with E-state index in [2.05, 4.69) is 16.9 Å². The van der Waals surface area contributed by atoms with Crippen molar-refractivity contribution >= 4 is 11.7 Å². The Hall–Kier alpha value is -2.76. The molecule has 0 atom stereocenters. The molecular formula is C22H27N5O.